The van der Waals surface area contributed by atoms with Gasteiger partial charge in [-0.05, 0) is 43.7 Å². The number of amides is 1. The third kappa shape index (κ3) is 5.47. The molecule has 0 aliphatic rings. The molecule has 7 nitrogen and oxygen atoms in total. The Bertz CT molecular complexity index is 1110. The number of carbonyl (C=O) groups excluding carboxylic acids is 2. The highest BCUT2D eigenvalue weighted by atomic mass is 32.1. The van der Waals surface area contributed by atoms with Crippen LogP contribution in [0.2, 0.25) is 0 Å². The molecule has 1 aromatic carbocycles. The highest BCUT2D eigenvalue weighted by molar-refractivity contribution is 7.12. The lowest BCUT2D eigenvalue weighted by molar-refractivity contribution is -0.142. The van der Waals surface area contributed by atoms with Crippen LogP contribution in [0.5, 0.6) is 0 Å². The smallest absolute Gasteiger partial charge is 0.331 e. The quantitative estimate of drug-likeness (QED) is 0.394. The van der Waals surface area contributed by atoms with Crippen molar-refractivity contribution in [3.63, 3.8) is 0 Å². The van der Waals surface area contributed by atoms with Crippen LogP contribution in [0.25, 0.3) is 11.2 Å². The maximum absolute atomic E-state index is 12.6. The largest absolute Gasteiger partial charge is 0.452 e. The molecular weight excluding hydrogens is 412 g/mol. The predicted molar refractivity (Wildman–Crippen MR) is 120 cm³/mol. The molecule has 31 heavy (non-hydrogen) atoms. The number of esters is 1. The first-order valence-electron chi connectivity index (χ1n) is 9.67. The molecule has 0 saturated heterocycles. The SMILES string of the molecule is Cc1cc(/C=C/C(=O)OCC(=O)N(CCC#N)c2ccccc2)c(C)n1-c1nccs1. The van der Waals surface area contributed by atoms with Gasteiger partial charge in [-0.3, -0.25) is 9.36 Å². The fraction of sp³-hybridized carbons (Fsp3) is 0.217. The van der Waals surface area contributed by atoms with Crippen LogP contribution in [0.3, 0.4) is 0 Å². The summed E-state index contributed by atoms with van der Waals surface area (Å²) in [7, 11) is 0. The third-order valence-corrected chi connectivity index (χ3v) is 5.39. The zero-order valence-electron chi connectivity index (χ0n) is 17.3. The van der Waals surface area contributed by atoms with Crippen molar-refractivity contribution in [3.05, 3.63) is 71.0 Å². The Labute approximate surface area is 184 Å². The first kappa shape index (κ1) is 22.0. The molecule has 0 fully saturated rings. The molecule has 0 saturated carbocycles. The van der Waals surface area contributed by atoms with Gasteiger partial charge in [0.05, 0.1) is 12.5 Å². The number of aryl methyl sites for hydroxylation is 1. The highest BCUT2D eigenvalue weighted by Gasteiger charge is 2.17. The lowest BCUT2D eigenvalue weighted by Gasteiger charge is -2.21. The predicted octanol–water partition coefficient (Wildman–Crippen LogP) is 4.05. The Kier molecular flexibility index (Phi) is 7.35. The summed E-state index contributed by atoms with van der Waals surface area (Å²) in [5, 5.41) is 11.6. The Morgan fingerprint density at radius 1 is 1.29 bits per heavy atom. The topological polar surface area (TPSA) is 88.2 Å². The molecule has 1 amide bonds. The molecule has 0 unspecified atom stereocenters. The van der Waals surface area contributed by atoms with Gasteiger partial charge in [0.1, 0.15) is 0 Å². The van der Waals surface area contributed by atoms with Gasteiger partial charge >= 0.3 is 5.97 Å². The summed E-state index contributed by atoms with van der Waals surface area (Å²) in [4.78, 5) is 30.5. The summed E-state index contributed by atoms with van der Waals surface area (Å²) in [5.41, 5.74) is 3.49. The summed E-state index contributed by atoms with van der Waals surface area (Å²) < 4.78 is 7.16. The number of nitriles is 1. The lowest BCUT2D eigenvalue weighted by Crippen LogP contribution is -2.35. The van der Waals surface area contributed by atoms with E-state index in [0.717, 1.165) is 22.1 Å². The minimum Gasteiger partial charge on any atom is -0.452 e. The molecule has 0 spiro atoms. The lowest BCUT2D eigenvalue weighted by atomic mass is 10.2. The van der Waals surface area contributed by atoms with Gasteiger partial charge in [0.2, 0.25) is 0 Å². The normalized spacial score (nSPS) is 10.7. The summed E-state index contributed by atoms with van der Waals surface area (Å²) >= 11 is 1.53. The molecule has 0 radical (unpaired) electrons. The summed E-state index contributed by atoms with van der Waals surface area (Å²) in [6.07, 6.45) is 4.91. The number of hydrogen-bond donors (Lipinski definition) is 0. The van der Waals surface area contributed by atoms with Crippen molar-refractivity contribution in [1.29, 1.82) is 5.26 Å². The van der Waals surface area contributed by atoms with Crippen LogP contribution in [0.1, 0.15) is 23.4 Å². The molecular formula is C23H22N4O3S. The number of thiazole rings is 1. The minimum atomic E-state index is -0.610. The Balaban J connectivity index is 1.63. The van der Waals surface area contributed by atoms with E-state index in [4.69, 9.17) is 10.00 Å². The Morgan fingerprint density at radius 3 is 2.74 bits per heavy atom. The molecule has 0 aliphatic heterocycles. The molecule has 3 rings (SSSR count). The molecule has 2 heterocycles. The zero-order chi connectivity index (χ0) is 22.2. The van der Waals surface area contributed by atoms with E-state index in [2.05, 4.69) is 4.98 Å². The monoisotopic (exact) mass is 434 g/mol. The molecule has 158 valence electrons. The van der Waals surface area contributed by atoms with Crippen LogP contribution in [0.15, 0.2) is 54.1 Å². The van der Waals surface area contributed by atoms with Crippen LogP contribution in [0, 0.1) is 25.2 Å². The maximum Gasteiger partial charge on any atom is 0.331 e. The van der Waals surface area contributed by atoms with E-state index in [1.54, 1.807) is 36.5 Å². The Hall–Kier alpha value is -3.70. The third-order valence-electron chi connectivity index (χ3n) is 4.63. The van der Waals surface area contributed by atoms with Crippen molar-refractivity contribution in [1.82, 2.24) is 9.55 Å². The zero-order valence-corrected chi connectivity index (χ0v) is 18.1. The summed E-state index contributed by atoms with van der Waals surface area (Å²) in [6, 6.07) is 13.0. The van der Waals surface area contributed by atoms with Crippen molar-refractivity contribution in [3.8, 4) is 11.2 Å². The molecule has 3 aromatic rings. The maximum atomic E-state index is 12.6. The van der Waals surface area contributed by atoms with Gasteiger partial charge in [-0.25, -0.2) is 9.78 Å². The number of nitrogens with zero attached hydrogens (tertiary/aromatic N) is 4. The Morgan fingerprint density at radius 2 is 2.06 bits per heavy atom. The second-order valence-corrected chi connectivity index (χ2v) is 7.58. The molecule has 0 N–H and O–H groups in total. The van der Waals surface area contributed by atoms with Gasteiger partial charge in [0.15, 0.2) is 11.7 Å². The van der Waals surface area contributed by atoms with Gasteiger partial charge in [-0.2, -0.15) is 5.26 Å². The van der Waals surface area contributed by atoms with E-state index in [-0.39, 0.29) is 18.9 Å². The van der Waals surface area contributed by atoms with E-state index < -0.39 is 12.6 Å². The second kappa shape index (κ2) is 10.4. The van der Waals surface area contributed by atoms with E-state index in [0.29, 0.717) is 5.69 Å². The number of ether oxygens (including phenoxy) is 1. The standard InChI is InChI=1S/C23H22N4O3S/c1-17-15-19(18(2)27(17)23-25-12-14-31-23)9-10-22(29)30-16-21(28)26(13-6-11-24)20-7-4-3-5-8-20/h3-5,7-10,12,14-15H,6,13,16H2,1-2H3/b10-9+. The van der Waals surface area contributed by atoms with E-state index in [9.17, 15) is 9.59 Å². The first-order chi connectivity index (χ1) is 15.0. The van der Waals surface area contributed by atoms with Gasteiger partial charge in [0, 0.05) is 41.3 Å². The van der Waals surface area contributed by atoms with Crippen molar-refractivity contribution >= 4 is 35.0 Å². The van der Waals surface area contributed by atoms with Crippen LogP contribution in [0.4, 0.5) is 5.69 Å². The summed E-state index contributed by atoms with van der Waals surface area (Å²) in [6.45, 7) is 3.76. The van der Waals surface area contributed by atoms with Crippen molar-refractivity contribution in [2.24, 2.45) is 0 Å². The van der Waals surface area contributed by atoms with Gasteiger partial charge in [0.25, 0.3) is 5.91 Å². The van der Waals surface area contributed by atoms with E-state index >= 15 is 0 Å². The van der Waals surface area contributed by atoms with Crippen molar-refractivity contribution in [2.75, 3.05) is 18.1 Å². The fourth-order valence-corrected chi connectivity index (χ4v) is 3.91. The van der Waals surface area contributed by atoms with Gasteiger partial charge in [-0.15, -0.1) is 11.3 Å². The number of aromatic nitrogens is 2. The minimum absolute atomic E-state index is 0.184. The number of anilines is 1. The van der Waals surface area contributed by atoms with E-state index in [1.807, 2.05) is 42.0 Å². The average Bonchev–Trinajstić information content (AvgIpc) is 3.39. The fourth-order valence-electron chi connectivity index (χ4n) is 3.16. The van der Waals surface area contributed by atoms with Crippen LogP contribution in [-0.2, 0) is 14.3 Å². The van der Waals surface area contributed by atoms with Crippen LogP contribution >= 0.6 is 11.3 Å². The van der Waals surface area contributed by atoms with Crippen molar-refractivity contribution < 1.29 is 14.3 Å². The molecule has 2 aromatic heterocycles. The van der Waals surface area contributed by atoms with Crippen molar-refractivity contribution in [2.45, 2.75) is 20.3 Å². The van der Waals surface area contributed by atoms with Crippen LogP contribution < -0.4 is 4.90 Å². The van der Waals surface area contributed by atoms with Crippen LogP contribution in [-0.4, -0.2) is 34.6 Å². The highest BCUT2D eigenvalue weighted by Crippen LogP contribution is 2.23. The number of rotatable bonds is 8. The van der Waals surface area contributed by atoms with Gasteiger partial charge < -0.3 is 9.64 Å². The number of para-hydroxylation sites is 1. The first-order valence-corrected chi connectivity index (χ1v) is 10.5. The van der Waals surface area contributed by atoms with E-state index in [1.165, 1.54) is 22.3 Å². The summed E-state index contributed by atoms with van der Waals surface area (Å²) in [5.74, 6) is -0.995. The molecule has 0 atom stereocenters. The average molecular weight is 435 g/mol. The second-order valence-electron chi connectivity index (χ2n) is 6.71. The van der Waals surface area contributed by atoms with Gasteiger partial charge in [-0.1, -0.05) is 18.2 Å². The molecule has 8 heteroatoms. The number of benzene rings is 1. The number of carbonyl (C=O) groups is 2. The molecule has 0 aliphatic carbocycles. The number of hydrogen-bond acceptors (Lipinski definition) is 6. The molecule has 0 bridgehead atoms.